The zero-order chi connectivity index (χ0) is 11.5. The molecule has 0 aliphatic rings. The first-order valence-electron chi connectivity index (χ1n) is 5.82. The van der Waals surface area contributed by atoms with Crippen LogP contribution in [0.2, 0.25) is 0 Å². The van der Waals surface area contributed by atoms with Gasteiger partial charge in [-0.15, -0.1) is 0 Å². The van der Waals surface area contributed by atoms with Crippen LogP contribution in [0.5, 0.6) is 0 Å². The molecule has 0 aromatic carbocycles. The lowest BCUT2D eigenvalue weighted by molar-refractivity contribution is -0.122. The second-order valence-electron chi connectivity index (χ2n) is 3.85. The predicted octanol–water partition coefficient (Wildman–Crippen LogP) is 0.640. The van der Waals surface area contributed by atoms with Crippen molar-refractivity contribution in [1.29, 1.82) is 0 Å². The SMILES string of the molecule is CCC(CN)CC(=O)NCCCCCO. The van der Waals surface area contributed by atoms with Crippen LogP contribution in [0.1, 0.15) is 39.0 Å². The third-order valence-electron chi connectivity index (χ3n) is 2.54. The summed E-state index contributed by atoms with van der Waals surface area (Å²) in [4.78, 5) is 11.4. The molecule has 4 nitrogen and oxygen atoms in total. The van der Waals surface area contributed by atoms with Gasteiger partial charge in [-0.2, -0.15) is 0 Å². The lowest BCUT2D eigenvalue weighted by atomic mass is 10.0. The van der Waals surface area contributed by atoms with E-state index in [1.807, 2.05) is 6.92 Å². The maximum absolute atomic E-state index is 11.4. The van der Waals surface area contributed by atoms with Crippen LogP contribution in [0.15, 0.2) is 0 Å². The van der Waals surface area contributed by atoms with Gasteiger partial charge in [-0.1, -0.05) is 13.3 Å². The Balaban J connectivity index is 3.40. The molecule has 0 saturated carbocycles. The molecule has 1 amide bonds. The van der Waals surface area contributed by atoms with E-state index in [1.54, 1.807) is 0 Å². The molecule has 0 aliphatic heterocycles. The lowest BCUT2D eigenvalue weighted by Gasteiger charge is -2.11. The van der Waals surface area contributed by atoms with Crippen LogP contribution in [0.25, 0.3) is 0 Å². The number of nitrogens with two attached hydrogens (primary N) is 1. The Morgan fingerprint density at radius 3 is 2.67 bits per heavy atom. The number of nitrogens with one attached hydrogen (secondary N) is 1. The Morgan fingerprint density at radius 2 is 2.13 bits per heavy atom. The lowest BCUT2D eigenvalue weighted by Crippen LogP contribution is -2.28. The van der Waals surface area contributed by atoms with Crippen LogP contribution in [-0.2, 0) is 4.79 Å². The standard InChI is InChI=1S/C11H24N2O2/c1-2-10(9-12)8-11(15)13-6-4-3-5-7-14/h10,14H,2-9,12H2,1H3,(H,13,15). The number of carbonyl (C=O) groups excluding carboxylic acids is 1. The van der Waals surface area contributed by atoms with Gasteiger partial charge in [0, 0.05) is 19.6 Å². The van der Waals surface area contributed by atoms with Gasteiger partial charge in [0.05, 0.1) is 0 Å². The predicted molar refractivity (Wildman–Crippen MR) is 61.4 cm³/mol. The third kappa shape index (κ3) is 8.39. The molecule has 0 saturated heterocycles. The summed E-state index contributed by atoms with van der Waals surface area (Å²) in [5.74, 6) is 0.402. The summed E-state index contributed by atoms with van der Waals surface area (Å²) in [7, 11) is 0. The van der Waals surface area contributed by atoms with Gasteiger partial charge in [-0.3, -0.25) is 4.79 Å². The van der Waals surface area contributed by atoms with Crippen molar-refractivity contribution in [3.63, 3.8) is 0 Å². The summed E-state index contributed by atoms with van der Waals surface area (Å²) in [6, 6.07) is 0. The molecule has 4 heteroatoms. The second kappa shape index (κ2) is 9.93. The van der Waals surface area contributed by atoms with Crippen LogP contribution in [0.3, 0.4) is 0 Å². The highest BCUT2D eigenvalue weighted by atomic mass is 16.2. The summed E-state index contributed by atoms with van der Waals surface area (Å²) < 4.78 is 0. The van der Waals surface area contributed by atoms with E-state index < -0.39 is 0 Å². The van der Waals surface area contributed by atoms with Crippen LogP contribution in [0.4, 0.5) is 0 Å². The quantitative estimate of drug-likeness (QED) is 0.495. The van der Waals surface area contributed by atoms with Gasteiger partial charge in [0.2, 0.25) is 5.91 Å². The minimum Gasteiger partial charge on any atom is -0.396 e. The van der Waals surface area contributed by atoms with Gasteiger partial charge in [-0.25, -0.2) is 0 Å². The zero-order valence-corrected chi connectivity index (χ0v) is 9.67. The van der Waals surface area contributed by atoms with Crippen LogP contribution in [-0.4, -0.2) is 30.7 Å². The monoisotopic (exact) mass is 216 g/mol. The largest absolute Gasteiger partial charge is 0.396 e. The first-order chi connectivity index (χ1) is 7.24. The summed E-state index contributed by atoms with van der Waals surface area (Å²) in [6.07, 6.45) is 4.20. The Kier molecular flexibility index (Phi) is 9.52. The Hall–Kier alpha value is -0.610. The number of unbranched alkanes of at least 4 members (excludes halogenated alkanes) is 2. The van der Waals surface area contributed by atoms with Crippen molar-refractivity contribution in [2.45, 2.75) is 39.0 Å². The summed E-state index contributed by atoms with van der Waals surface area (Å²) in [5.41, 5.74) is 5.52. The average molecular weight is 216 g/mol. The topological polar surface area (TPSA) is 75.4 Å². The summed E-state index contributed by atoms with van der Waals surface area (Å²) in [5, 5.41) is 11.4. The fraction of sp³-hybridized carbons (Fsp3) is 0.909. The molecule has 0 aromatic heterocycles. The molecule has 4 N–H and O–H groups in total. The molecule has 15 heavy (non-hydrogen) atoms. The normalized spacial score (nSPS) is 12.5. The van der Waals surface area contributed by atoms with Crippen molar-refractivity contribution >= 4 is 5.91 Å². The van der Waals surface area contributed by atoms with Gasteiger partial charge in [0.25, 0.3) is 0 Å². The number of hydrogen-bond acceptors (Lipinski definition) is 3. The molecule has 0 radical (unpaired) electrons. The number of carbonyl (C=O) groups is 1. The van der Waals surface area contributed by atoms with Gasteiger partial charge >= 0.3 is 0 Å². The summed E-state index contributed by atoms with van der Waals surface area (Å²) >= 11 is 0. The molecule has 0 heterocycles. The van der Waals surface area contributed by atoms with E-state index in [0.29, 0.717) is 25.4 Å². The van der Waals surface area contributed by atoms with Gasteiger partial charge < -0.3 is 16.2 Å². The first-order valence-corrected chi connectivity index (χ1v) is 5.82. The molecule has 0 bridgehead atoms. The molecular formula is C11H24N2O2. The molecule has 0 aromatic rings. The number of hydrogen-bond donors (Lipinski definition) is 3. The highest BCUT2D eigenvalue weighted by Gasteiger charge is 2.09. The van der Waals surface area contributed by atoms with E-state index >= 15 is 0 Å². The minimum absolute atomic E-state index is 0.0938. The van der Waals surface area contributed by atoms with Crippen LogP contribution >= 0.6 is 0 Å². The molecule has 0 fully saturated rings. The number of aliphatic hydroxyl groups excluding tert-OH is 1. The second-order valence-corrected chi connectivity index (χ2v) is 3.85. The van der Waals surface area contributed by atoms with E-state index in [2.05, 4.69) is 5.32 Å². The van der Waals surface area contributed by atoms with E-state index in [1.165, 1.54) is 0 Å². The fourth-order valence-electron chi connectivity index (χ4n) is 1.37. The van der Waals surface area contributed by atoms with E-state index in [4.69, 9.17) is 10.8 Å². The smallest absolute Gasteiger partial charge is 0.220 e. The van der Waals surface area contributed by atoms with Crippen molar-refractivity contribution in [3.8, 4) is 0 Å². The zero-order valence-electron chi connectivity index (χ0n) is 9.67. The third-order valence-corrected chi connectivity index (χ3v) is 2.54. The molecular weight excluding hydrogens is 192 g/mol. The van der Waals surface area contributed by atoms with Crippen molar-refractivity contribution in [3.05, 3.63) is 0 Å². The maximum Gasteiger partial charge on any atom is 0.220 e. The maximum atomic E-state index is 11.4. The summed E-state index contributed by atoms with van der Waals surface area (Å²) in [6.45, 7) is 3.57. The van der Waals surface area contributed by atoms with Crippen molar-refractivity contribution in [2.24, 2.45) is 11.7 Å². The van der Waals surface area contributed by atoms with Gasteiger partial charge in [0.1, 0.15) is 0 Å². The highest BCUT2D eigenvalue weighted by Crippen LogP contribution is 2.05. The molecule has 0 rings (SSSR count). The van der Waals surface area contributed by atoms with Crippen LogP contribution < -0.4 is 11.1 Å². The van der Waals surface area contributed by atoms with Crippen molar-refractivity contribution in [1.82, 2.24) is 5.32 Å². The van der Waals surface area contributed by atoms with Gasteiger partial charge in [-0.05, 0) is 31.7 Å². The molecule has 0 aliphatic carbocycles. The van der Waals surface area contributed by atoms with Crippen molar-refractivity contribution < 1.29 is 9.90 Å². The van der Waals surface area contributed by atoms with E-state index in [9.17, 15) is 4.79 Å². The first kappa shape index (κ1) is 14.4. The molecule has 0 spiro atoms. The highest BCUT2D eigenvalue weighted by molar-refractivity contribution is 5.76. The molecule has 1 atom stereocenters. The Labute approximate surface area is 92.2 Å². The average Bonchev–Trinajstić information content (AvgIpc) is 2.25. The number of amides is 1. The Morgan fingerprint density at radius 1 is 1.40 bits per heavy atom. The van der Waals surface area contributed by atoms with E-state index in [0.717, 1.165) is 25.7 Å². The Bertz CT molecular complexity index is 159. The van der Waals surface area contributed by atoms with E-state index in [-0.39, 0.29) is 12.5 Å². The van der Waals surface area contributed by atoms with Crippen molar-refractivity contribution in [2.75, 3.05) is 19.7 Å². The number of rotatable bonds is 9. The van der Waals surface area contributed by atoms with Crippen LogP contribution in [0, 0.1) is 5.92 Å². The van der Waals surface area contributed by atoms with Gasteiger partial charge in [0.15, 0.2) is 0 Å². The molecule has 1 unspecified atom stereocenters. The fourth-order valence-corrected chi connectivity index (χ4v) is 1.37. The molecule has 90 valence electrons. The number of aliphatic hydroxyl groups is 1. The minimum atomic E-state index is 0.0938.